The maximum Gasteiger partial charge on any atom is 0.336 e. The summed E-state index contributed by atoms with van der Waals surface area (Å²) in [6.07, 6.45) is 0.252. The Balaban J connectivity index is 2.21. The van der Waals surface area contributed by atoms with Crippen molar-refractivity contribution in [3.63, 3.8) is 0 Å². The van der Waals surface area contributed by atoms with Crippen LogP contribution in [0.15, 0.2) is 45.1 Å². The number of allylic oxidation sites excluding steroid dienone is 1. The van der Waals surface area contributed by atoms with Gasteiger partial charge >= 0.3 is 17.6 Å². The first-order chi connectivity index (χ1) is 14.6. The Kier molecular flexibility index (Phi) is 6.25. The molecule has 7 heteroatoms. The van der Waals surface area contributed by atoms with E-state index < -0.39 is 35.4 Å². The van der Waals surface area contributed by atoms with Crippen LogP contribution in [0, 0.1) is 5.92 Å². The molecule has 3 atom stereocenters. The van der Waals surface area contributed by atoms with Gasteiger partial charge in [0.05, 0.1) is 11.5 Å². The van der Waals surface area contributed by atoms with E-state index in [0.29, 0.717) is 28.7 Å². The first-order valence-electron chi connectivity index (χ1n) is 10.4. The molecule has 2 heterocycles. The Labute approximate surface area is 181 Å². The van der Waals surface area contributed by atoms with Gasteiger partial charge in [-0.1, -0.05) is 19.9 Å². The number of carbonyl (C=O) groups is 2. The molecule has 3 rings (SSSR count). The van der Waals surface area contributed by atoms with Crippen molar-refractivity contribution in [3.05, 3.63) is 51.9 Å². The summed E-state index contributed by atoms with van der Waals surface area (Å²) in [5, 5.41) is 0.640. The van der Waals surface area contributed by atoms with Gasteiger partial charge in [-0.3, -0.25) is 4.79 Å². The zero-order chi connectivity index (χ0) is 22.9. The van der Waals surface area contributed by atoms with E-state index in [-0.39, 0.29) is 11.5 Å². The highest BCUT2D eigenvalue weighted by Gasteiger charge is 2.50. The van der Waals surface area contributed by atoms with Gasteiger partial charge in [-0.2, -0.15) is 0 Å². The van der Waals surface area contributed by atoms with Crippen LogP contribution in [0.2, 0.25) is 0 Å². The number of benzene rings is 1. The zero-order valence-corrected chi connectivity index (χ0v) is 18.7. The first-order valence-corrected chi connectivity index (χ1v) is 10.4. The monoisotopic (exact) mass is 428 g/mol. The number of fused-ring (bicyclic) bond motifs is 3. The SMILES string of the molecule is C/C=C(/C)C(=O)O[C@H]1[C@@H](OC(=O)C(C)CC)c2c(ccc3ccc(=O)oc23)OC1(C)C. The van der Waals surface area contributed by atoms with Crippen molar-refractivity contribution in [3.8, 4) is 5.75 Å². The Bertz CT molecular complexity index is 1090. The molecule has 0 bridgehead atoms. The lowest BCUT2D eigenvalue weighted by molar-refractivity contribution is -0.189. The standard InChI is InChI=1S/C24H28O7/c1-7-13(3)22(26)29-20-18-16(11-9-15-10-12-17(25)28-19(15)18)31-24(5,6)21(20)30-23(27)14(4)8-2/h8-13,20-21H,7H2,1-6H3/b14-8-/t13?,20-,21-/m0/s1. The maximum atomic E-state index is 12.8. The highest BCUT2D eigenvalue weighted by atomic mass is 16.6. The lowest BCUT2D eigenvalue weighted by Gasteiger charge is -2.43. The van der Waals surface area contributed by atoms with Crippen LogP contribution >= 0.6 is 0 Å². The maximum absolute atomic E-state index is 12.8. The number of ether oxygens (including phenoxy) is 3. The quantitative estimate of drug-likeness (QED) is 0.394. The van der Waals surface area contributed by atoms with E-state index in [1.807, 2.05) is 6.92 Å². The van der Waals surface area contributed by atoms with Crippen LogP contribution in [0.4, 0.5) is 0 Å². The Morgan fingerprint density at radius 2 is 1.87 bits per heavy atom. The molecule has 0 aliphatic carbocycles. The summed E-state index contributed by atoms with van der Waals surface area (Å²) < 4.78 is 23.3. The van der Waals surface area contributed by atoms with Gasteiger partial charge in [0, 0.05) is 17.0 Å². The minimum atomic E-state index is -1.01. The summed E-state index contributed by atoms with van der Waals surface area (Å²) >= 11 is 0. The molecule has 1 aromatic carbocycles. The molecule has 1 aliphatic rings. The number of carbonyl (C=O) groups excluding carboxylic acids is 2. The average molecular weight is 428 g/mol. The second kappa shape index (κ2) is 8.57. The van der Waals surface area contributed by atoms with Gasteiger partial charge < -0.3 is 18.6 Å². The molecule has 0 spiro atoms. The van der Waals surface area contributed by atoms with Crippen molar-refractivity contribution in [2.75, 3.05) is 0 Å². The van der Waals surface area contributed by atoms with Crippen LogP contribution in [-0.4, -0.2) is 23.6 Å². The fourth-order valence-electron chi connectivity index (χ4n) is 3.41. The summed E-state index contributed by atoms with van der Waals surface area (Å²) in [6.45, 7) is 10.5. The molecule has 1 unspecified atom stereocenters. The first kappa shape index (κ1) is 22.6. The van der Waals surface area contributed by atoms with Crippen LogP contribution in [0.1, 0.15) is 59.6 Å². The highest BCUT2D eigenvalue weighted by Crippen LogP contribution is 2.46. The average Bonchev–Trinajstić information content (AvgIpc) is 2.73. The largest absolute Gasteiger partial charge is 0.483 e. The Morgan fingerprint density at radius 3 is 2.52 bits per heavy atom. The van der Waals surface area contributed by atoms with Crippen molar-refractivity contribution in [2.45, 2.75) is 65.8 Å². The predicted molar refractivity (Wildman–Crippen MR) is 115 cm³/mol. The van der Waals surface area contributed by atoms with Crippen molar-refractivity contribution in [1.29, 1.82) is 0 Å². The van der Waals surface area contributed by atoms with E-state index in [2.05, 4.69) is 0 Å². The fraction of sp³-hybridized carbons (Fsp3) is 0.458. The molecular weight excluding hydrogens is 400 g/mol. The third kappa shape index (κ3) is 4.36. The highest BCUT2D eigenvalue weighted by molar-refractivity contribution is 5.88. The summed E-state index contributed by atoms with van der Waals surface area (Å²) in [6, 6.07) is 6.44. The fourth-order valence-corrected chi connectivity index (χ4v) is 3.41. The van der Waals surface area contributed by atoms with Crippen LogP contribution in [0.3, 0.4) is 0 Å². The Morgan fingerprint density at radius 1 is 1.19 bits per heavy atom. The Hall–Kier alpha value is -3.09. The third-order valence-corrected chi connectivity index (χ3v) is 5.65. The zero-order valence-electron chi connectivity index (χ0n) is 18.7. The lowest BCUT2D eigenvalue weighted by atomic mass is 9.87. The van der Waals surface area contributed by atoms with Crippen LogP contribution in [-0.2, 0) is 19.1 Å². The minimum Gasteiger partial charge on any atom is -0.483 e. The summed E-state index contributed by atoms with van der Waals surface area (Å²) in [7, 11) is 0. The number of rotatable bonds is 5. The van der Waals surface area contributed by atoms with E-state index in [0.717, 1.165) is 0 Å². The summed E-state index contributed by atoms with van der Waals surface area (Å²) in [4.78, 5) is 37.4. The van der Waals surface area contributed by atoms with Crippen LogP contribution in [0.25, 0.3) is 11.0 Å². The van der Waals surface area contributed by atoms with Crippen molar-refractivity contribution >= 4 is 22.9 Å². The molecule has 0 radical (unpaired) electrons. The summed E-state index contributed by atoms with van der Waals surface area (Å²) in [5.74, 6) is -0.928. The molecule has 0 saturated carbocycles. The van der Waals surface area contributed by atoms with E-state index in [9.17, 15) is 14.4 Å². The van der Waals surface area contributed by atoms with E-state index >= 15 is 0 Å². The van der Waals surface area contributed by atoms with Gasteiger partial charge in [0.15, 0.2) is 12.2 Å². The molecule has 166 valence electrons. The number of hydrogen-bond acceptors (Lipinski definition) is 7. The molecule has 2 aromatic rings. The van der Waals surface area contributed by atoms with E-state index in [1.54, 1.807) is 58.9 Å². The molecule has 1 aromatic heterocycles. The van der Waals surface area contributed by atoms with Crippen LogP contribution in [0.5, 0.6) is 5.75 Å². The van der Waals surface area contributed by atoms with Gasteiger partial charge in [0.1, 0.15) is 16.9 Å². The predicted octanol–water partition coefficient (Wildman–Crippen LogP) is 4.47. The van der Waals surface area contributed by atoms with Crippen molar-refractivity contribution in [1.82, 2.24) is 0 Å². The molecular formula is C24H28O7. The van der Waals surface area contributed by atoms with Gasteiger partial charge in [0.25, 0.3) is 0 Å². The van der Waals surface area contributed by atoms with Crippen molar-refractivity contribution in [2.24, 2.45) is 5.92 Å². The summed E-state index contributed by atoms with van der Waals surface area (Å²) in [5.41, 5.74) is -0.526. The third-order valence-electron chi connectivity index (χ3n) is 5.65. The molecule has 0 amide bonds. The second-order valence-electron chi connectivity index (χ2n) is 8.32. The molecule has 0 fully saturated rings. The van der Waals surface area contributed by atoms with Gasteiger partial charge in [-0.05, 0) is 52.3 Å². The minimum absolute atomic E-state index is 0.242. The van der Waals surface area contributed by atoms with E-state index in [1.165, 1.54) is 6.07 Å². The molecule has 31 heavy (non-hydrogen) atoms. The van der Waals surface area contributed by atoms with Crippen LogP contribution < -0.4 is 10.4 Å². The van der Waals surface area contributed by atoms with Gasteiger partial charge in [-0.15, -0.1) is 0 Å². The van der Waals surface area contributed by atoms with Gasteiger partial charge in [0.2, 0.25) is 0 Å². The number of hydrogen-bond donors (Lipinski definition) is 0. The lowest BCUT2D eigenvalue weighted by Crippen LogP contribution is -2.52. The normalized spacial score (nSPS) is 21.0. The van der Waals surface area contributed by atoms with Crippen molar-refractivity contribution < 1.29 is 28.2 Å². The molecule has 7 nitrogen and oxygen atoms in total. The molecule has 1 aliphatic heterocycles. The number of esters is 2. The van der Waals surface area contributed by atoms with Gasteiger partial charge in [-0.25, -0.2) is 9.59 Å². The van der Waals surface area contributed by atoms with E-state index in [4.69, 9.17) is 18.6 Å². The smallest absolute Gasteiger partial charge is 0.336 e. The molecule has 0 saturated heterocycles. The second-order valence-corrected chi connectivity index (χ2v) is 8.32. The molecule has 0 N–H and O–H groups in total. The topological polar surface area (TPSA) is 92.0 Å².